The van der Waals surface area contributed by atoms with E-state index in [0.717, 1.165) is 18.4 Å². The molecule has 0 saturated carbocycles. The molecular formula is C13H10Cl2O5S2. The van der Waals surface area contributed by atoms with E-state index in [1.807, 2.05) is 0 Å². The molecule has 2 aromatic rings. The number of halogens is 2. The van der Waals surface area contributed by atoms with Crippen LogP contribution >= 0.6 is 23.2 Å². The second-order valence-corrected chi connectivity index (χ2v) is 8.68. The molecule has 0 heterocycles. The van der Waals surface area contributed by atoms with Crippen molar-refractivity contribution in [2.45, 2.75) is 9.79 Å². The third-order valence-electron chi connectivity index (χ3n) is 2.66. The lowest BCUT2D eigenvalue weighted by molar-refractivity contribution is 0.486. The third-order valence-corrected chi connectivity index (χ3v) is 5.83. The lowest BCUT2D eigenvalue weighted by atomic mass is 10.3. The predicted octanol–water partition coefficient (Wildman–Crippen LogP) is 3.16. The van der Waals surface area contributed by atoms with Crippen LogP contribution in [-0.4, -0.2) is 23.1 Å². The molecule has 0 aromatic heterocycles. The molecule has 0 atom stereocenters. The summed E-state index contributed by atoms with van der Waals surface area (Å²) in [6, 6.07) is 9.00. The molecule has 2 aromatic carbocycles. The molecule has 0 bridgehead atoms. The van der Waals surface area contributed by atoms with E-state index in [4.69, 9.17) is 27.4 Å². The smallest absolute Gasteiger partial charge is 0.339 e. The third kappa shape index (κ3) is 3.73. The number of hydrogen-bond donors (Lipinski definition) is 0. The Balaban J connectivity index is 2.37. The largest absolute Gasteiger partial charge is 0.377 e. The highest BCUT2D eigenvalue weighted by Crippen LogP contribution is 2.33. The number of rotatable bonds is 4. The Morgan fingerprint density at radius 1 is 0.864 bits per heavy atom. The van der Waals surface area contributed by atoms with Crippen molar-refractivity contribution in [2.75, 3.05) is 6.26 Å². The Morgan fingerprint density at radius 2 is 1.41 bits per heavy atom. The SMILES string of the molecule is CS(=O)(=O)c1ccc(S(=O)(=O)Oc2cccc(Cl)c2Cl)cc1. The van der Waals surface area contributed by atoms with E-state index in [-0.39, 0.29) is 25.6 Å². The lowest BCUT2D eigenvalue weighted by Crippen LogP contribution is -2.10. The van der Waals surface area contributed by atoms with Crippen molar-refractivity contribution >= 4 is 43.2 Å². The fraction of sp³-hybridized carbons (Fsp3) is 0.0769. The predicted molar refractivity (Wildman–Crippen MR) is 83.8 cm³/mol. The molecule has 118 valence electrons. The Bertz CT molecular complexity index is 904. The molecule has 0 aliphatic heterocycles. The Morgan fingerprint density at radius 3 is 1.95 bits per heavy atom. The highest BCUT2D eigenvalue weighted by molar-refractivity contribution is 7.90. The zero-order valence-corrected chi connectivity index (χ0v) is 14.3. The molecular weight excluding hydrogens is 371 g/mol. The highest BCUT2D eigenvalue weighted by Gasteiger charge is 2.20. The highest BCUT2D eigenvalue weighted by atomic mass is 35.5. The Hall–Kier alpha value is -1.28. The van der Waals surface area contributed by atoms with Gasteiger partial charge in [0.25, 0.3) is 0 Å². The van der Waals surface area contributed by atoms with Gasteiger partial charge in [0.05, 0.1) is 9.92 Å². The van der Waals surface area contributed by atoms with Crippen LogP contribution in [0.3, 0.4) is 0 Å². The van der Waals surface area contributed by atoms with E-state index >= 15 is 0 Å². The van der Waals surface area contributed by atoms with Crippen LogP contribution < -0.4 is 4.18 Å². The quantitative estimate of drug-likeness (QED) is 0.761. The maximum absolute atomic E-state index is 12.2. The van der Waals surface area contributed by atoms with Crippen molar-refractivity contribution in [3.8, 4) is 5.75 Å². The number of sulfone groups is 1. The standard InChI is InChI=1S/C13H10Cl2O5S2/c1-21(16,17)9-5-7-10(8-6-9)22(18,19)20-12-4-2-3-11(14)13(12)15/h2-8H,1H3. The van der Waals surface area contributed by atoms with Gasteiger partial charge in [0, 0.05) is 6.26 Å². The zero-order chi connectivity index (χ0) is 16.5. The van der Waals surface area contributed by atoms with E-state index in [1.54, 1.807) is 0 Å². The first-order chi connectivity index (χ1) is 10.1. The van der Waals surface area contributed by atoms with E-state index in [1.165, 1.54) is 30.3 Å². The molecule has 0 fully saturated rings. The zero-order valence-electron chi connectivity index (χ0n) is 11.2. The molecule has 0 unspecified atom stereocenters. The minimum atomic E-state index is -4.15. The van der Waals surface area contributed by atoms with Gasteiger partial charge in [-0.1, -0.05) is 29.3 Å². The van der Waals surface area contributed by atoms with Gasteiger partial charge in [-0.25, -0.2) is 8.42 Å². The van der Waals surface area contributed by atoms with Crippen molar-refractivity contribution in [3.63, 3.8) is 0 Å². The van der Waals surface area contributed by atoms with Crippen molar-refractivity contribution in [2.24, 2.45) is 0 Å². The molecule has 2 rings (SSSR count). The topological polar surface area (TPSA) is 77.5 Å². The first-order valence-corrected chi connectivity index (χ1v) is 9.85. The molecule has 9 heteroatoms. The molecule has 0 radical (unpaired) electrons. The summed E-state index contributed by atoms with van der Waals surface area (Å²) < 4.78 is 51.9. The minimum absolute atomic E-state index is 0.00670. The van der Waals surface area contributed by atoms with Crippen LogP contribution in [0.5, 0.6) is 5.75 Å². The van der Waals surface area contributed by atoms with Gasteiger partial charge in [-0.3, -0.25) is 0 Å². The molecule has 0 aliphatic rings. The molecule has 0 spiro atoms. The van der Waals surface area contributed by atoms with Gasteiger partial charge in [-0.2, -0.15) is 8.42 Å². The number of benzene rings is 2. The van der Waals surface area contributed by atoms with Crippen LogP contribution in [-0.2, 0) is 20.0 Å². The van der Waals surface area contributed by atoms with Gasteiger partial charge >= 0.3 is 10.1 Å². The monoisotopic (exact) mass is 380 g/mol. The van der Waals surface area contributed by atoms with Crippen LogP contribution in [0.15, 0.2) is 52.3 Å². The van der Waals surface area contributed by atoms with E-state index in [2.05, 4.69) is 0 Å². The summed E-state index contributed by atoms with van der Waals surface area (Å²) in [6.45, 7) is 0. The lowest BCUT2D eigenvalue weighted by Gasteiger charge is -2.09. The van der Waals surface area contributed by atoms with Gasteiger partial charge in [0.2, 0.25) is 0 Å². The molecule has 5 nitrogen and oxygen atoms in total. The van der Waals surface area contributed by atoms with Crippen molar-refractivity contribution in [3.05, 3.63) is 52.5 Å². The van der Waals surface area contributed by atoms with Gasteiger partial charge in [-0.05, 0) is 36.4 Å². The fourth-order valence-electron chi connectivity index (χ4n) is 1.57. The summed E-state index contributed by atoms with van der Waals surface area (Å²) in [5.74, 6) is -0.110. The van der Waals surface area contributed by atoms with E-state index in [0.29, 0.717) is 0 Å². The maximum atomic E-state index is 12.2. The summed E-state index contributed by atoms with van der Waals surface area (Å²) in [5, 5.41) is 0.127. The summed E-state index contributed by atoms with van der Waals surface area (Å²) in [6.07, 6.45) is 1.03. The normalized spacial score (nSPS) is 12.1. The Labute approximate surface area is 138 Å². The summed E-state index contributed by atoms with van der Waals surface area (Å²) in [7, 11) is -7.56. The van der Waals surface area contributed by atoms with Crippen molar-refractivity contribution in [1.82, 2.24) is 0 Å². The van der Waals surface area contributed by atoms with Gasteiger partial charge < -0.3 is 4.18 Å². The Kier molecular flexibility index (Phi) is 4.72. The second kappa shape index (κ2) is 6.08. The average Bonchev–Trinajstić information content (AvgIpc) is 2.43. The molecule has 0 N–H and O–H groups in total. The average molecular weight is 381 g/mol. The van der Waals surface area contributed by atoms with Crippen LogP contribution in [0, 0.1) is 0 Å². The first-order valence-electron chi connectivity index (χ1n) is 5.80. The second-order valence-electron chi connectivity index (χ2n) is 4.33. The summed E-state index contributed by atoms with van der Waals surface area (Å²) in [4.78, 5) is -0.191. The first kappa shape index (κ1) is 17.1. The van der Waals surface area contributed by atoms with E-state index in [9.17, 15) is 16.8 Å². The fourth-order valence-corrected chi connectivity index (χ4v) is 3.52. The van der Waals surface area contributed by atoms with E-state index < -0.39 is 20.0 Å². The number of hydrogen-bond acceptors (Lipinski definition) is 5. The molecule has 22 heavy (non-hydrogen) atoms. The van der Waals surface area contributed by atoms with Crippen molar-refractivity contribution < 1.29 is 21.0 Å². The van der Waals surface area contributed by atoms with Gasteiger partial charge in [0.1, 0.15) is 9.92 Å². The maximum Gasteiger partial charge on any atom is 0.339 e. The summed E-state index contributed by atoms with van der Waals surface area (Å²) in [5.41, 5.74) is 0. The molecule has 0 aliphatic carbocycles. The van der Waals surface area contributed by atoms with Gasteiger partial charge in [0.15, 0.2) is 15.6 Å². The van der Waals surface area contributed by atoms with Gasteiger partial charge in [-0.15, -0.1) is 0 Å². The summed E-state index contributed by atoms with van der Waals surface area (Å²) >= 11 is 11.7. The van der Waals surface area contributed by atoms with Crippen LogP contribution in [0.4, 0.5) is 0 Å². The minimum Gasteiger partial charge on any atom is -0.377 e. The van der Waals surface area contributed by atoms with Crippen LogP contribution in [0.2, 0.25) is 10.0 Å². The molecule has 0 amide bonds. The van der Waals surface area contributed by atoms with Crippen LogP contribution in [0.1, 0.15) is 0 Å². The van der Waals surface area contributed by atoms with Crippen LogP contribution in [0.25, 0.3) is 0 Å². The molecule has 0 saturated heterocycles. The van der Waals surface area contributed by atoms with Crippen molar-refractivity contribution in [1.29, 1.82) is 0 Å².